The summed E-state index contributed by atoms with van der Waals surface area (Å²) in [4.78, 5) is 12.8. The van der Waals surface area contributed by atoms with Crippen LogP contribution >= 0.6 is 23.2 Å². The number of benzene rings is 2. The molecular formula is C20H24Cl2N2O3S. The molecule has 28 heavy (non-hydrogen) atoms. The van der Waals surface area contributed by atoms with Gasteiger partial charge in [-0.1, -0.05) is 54.4 Å². The molecule has 0 radical (unpaired) electrons. The number of nitrogens with one attached hydrogen (secondary N) is 1. The lowest BCUT2D eigenvalue weighted by Crippen LogP contribution is -2.48. The Morgan fingerprint density at radius 1 is 1.07 bits per heavy atom. The molecule has 0 heterocycles. The fourth-order valence-corrected chi connectivity index (χ4v) is 4.61. The van der Waals surface area contributed by atoms with Crippen molar-refractivity contribution >= 4 is 44.8 Å². The third-order valence-electron chi connectivity index (χ3n) is 4.44. The molecule has 0 fully saturated rings. The molecule has 1 N–H and O–H groups in total. The van der Waals surface area contributed by atoms with Crippen LogP contribution in [0.5, 0.6) is 0 Å². The van der Waals surface area contributed by atoms with Crippen molar-refractivity contribution in [1.29, 1.82) is 0 Å². The van der Waals surface area contributed by atoms with E-state index in [4.69, 9.17) is 23.2 Å². The summed E-state index contributed by atoms with van der Waals surface area (Å²) < 4.78 is 25.8. The number of aryl methyl sites for hydroxylation is 1. The number of sulfonamides is 1. The molecule has 2 aromatic carbocycles. The predicted molar refractivity (Wildman–Crippen MR) is 116 cm³/mol. The molecule has 0 saturated heterocycles. The number of carbonyl (C=O) groups excluding carboxylic acids is 1. The van der Waals surface area contributed by atoms with Crippen LogP contribution in [0.2, 0.25) is 10.0 Å². The average Bonchev–Trinajstić information content (AvgIpc) is 2.59. The molecule has 1 amide bonds. The molecule has 2 atom stereocenters. The van der Waals surface area contributed by atoms with Gasteiger partial charge in [-0.3, -0.25) is 9.10 Å². The van der Waals surface area contributed by atoms with E-state index in [9.17, 15) is 13.2 Å². The number of nitrogens with zero attached hydrogens (tertiary/aromatic N) is 1. The Labute approximate surface area is 176 Å². The van der Waals surface area contributed by atoms with Gasteiger partial charge in [0.1, 0.15) is 6.04 Å². The Morgan fingerprint density at radius 2 is 1.61 bits per heavy atom. The molecule has 0 aliphatic carbocycles. The minimum atomic E-state index is -3.75. The zero-order valence-corrected chi connectivity index (χ0v) is 18.6. The molecule has 0 aliphatic rings. The van der Waals surface area contributed by atoms with E-state index >= 15 is 0 Å². The maximum atomic E-state index is 12.8. The molecule has 8 heteroatoms. The van der Waals surface area contributed by atoms with Crippen LogP contribution in [0.25, 0.3) is 0 Å². The lowest BCUT2D eigenvalue weighted by molar-refractivity contribution is -0.122. The smallest absolute Gasteiger partial charge is 0.244 e. The Hall–Kier alpha value is -1.76. The first kappa shape index (κ1) is 22.5. The van der Waals surface area contributed by atoms with Crippen molar-refractivity contribution in [3.05, 3.63) is 63.6 Å². The van der Waals surface area contributed by atoms with Crippen LogP contribution in [0.1, 0.15) is 37.9 Å². The molecule has 0 spiro atoms. The van der Waals surface area contributed by atoms with Gasteiger partial charge in [-0.25, -0.2) is 8.42 Å². The van der Waals surface area contributed by atoms with Crippen LogP contribution in [0.4, 0.5) is 5.69 Å². The van der Waals surface area contributed by atoms with Crippen molar-refractivity contribution in [2.24, 2.45) is 0 Å². The predicted octanol–water partition coefficient (Wildman–Crippen LogP) is 4.59. The molecule has 0 aliphatic heterocycles. The van der Waals surface area contributed by atoms with Gasteiger partial charge in [-0.05, 0) is 49.6 Å². The van der Waals surface area contributed by atoms with E-state index in [-0.39, 0.29) is 21.8 Å². The van der Waals surface area contributed by atoms with E-state index in [0.29, 0.717) is 0 Å². The van der Waals surface area contributed by atoms with Crippen LogP contribution in [-0.2, 0) is 21.2 Å². The second-order valence-electron chi connectivity index (χ2n) is 6.69. The van der Waals surface area contributed by atoms with Crippen molar-refractivity contribution in [3.8, 4) is 0 Å². The van der Waals surface area contributed by atoms with Crippen LogP contribution in [-0.4, -0.2) is 26.6 Å². The van der Waals surface area contributed by atoms with E-state index in [2.05, 4.69) is 12.2 Å². The summed E-state index contributed by atoms with van der Waals surface area (Å²) in [6.07, 6.45) is 1.97. The van der Waals surface area contributed by atoms with E-state index < -0.39 is 22.0 Å². The van der Waals surface area contributed by atoms with Gasteiger partial charge < -0.3 is 5.32 Å². The molecule has 0 saturated carbocycles. The maximum absolute atomic E-state index is 12.8. The summed E-state index contributed by atoms with van der Waals surface area (Å²) in [6, 6.07) is 11.1. The number of anilines is 1. The minimum absolute atomic E-state index is 0.239. The first-order chi connectivity index (χ1) is 13.0. The van der Waals surface area contributed by atoms with Gasteiger partial charge in [-0.15, -0.1) is 0 Å². The monoisotopic (exact) mass is 442 g/mol. The van der Waals surface area contributed by atoms with E-state index in [1.165, 1.54) is 30.7 Å². The van der Waals surface area contributed by atoms with Crippen molar-refractivity contribution in [2.45, 2.75) is 39.3 Å². The number of halogens is 2. The Kier molecular flexibility index (Phi) is 7.37. The summed E-state index contributed by atoms with van der Waals surface area (Å²) in [7, 11) is -3.75. The summed E-state index contributed by atoms with van der Waals surface area (Å²) in [5, 5.41) is 3.44. The third-order valence-corrected chi connectivity index (χ3v) is 6.12. The summed E-state index contributed by atoms with van der Waals surface area (Å²) >= 11 is 12.0. The van der Waals surface area contributed by atoms with Crippen molar-refractivity contribution in [2.75, 3.05) is 10.6 Å². The topological polar surface area (TPSA) is 66.5 Å². The lowest BCUT2D eigenvalue weighted by Gasteiger charge is -2.29. The second-order valence-corrected chi connectivity index (χ2v) is 9.42. The Morgan fingerprint density at radius 3 is 2.07 bits per heavy atom. The van der Waals surface area contributed by atoms with E-state index in [0.717, 1.165) is 22.5 Å². The quantitative estimate of drug-likeness (QED) is 0.681. The van der Waals surface area contributed by atoms with Gasteiger partial charge in [0.2, 0.25) is 15.9 Å². The molecule has 152 valence electrons. The molecule has 0 aromatic heterocycles. The van der Waals surface area contributed by atoms with Crippen molar-refractivity contribution in [3.63, 3.8) is 0 Å². The standard InChI is InChI=1S/C20H24Cl2N2O3S/c1-5-15-6-8-16(9-7-15)13(2)23-20(25)14(3)24(28(4,26)27)19-11-17(21)10-18(22)12-19/h6-14H,5H2,1-4H3,(H,23,25)/t13-,14-/m1/s1. The number of rotatable bonds is 7. The Bertz CT molecular complexity index is 926. The van der Waals surface area contributed by atoms with Crippen LogP contribution < -0.4 is 9.62 Å². The third kappa shape index (κ3) is 5.63. The lowest BCUT2D eigenvalue weighted by atomic mass is 10.0. The van der Waals surface area contributed by atoms with Crippen LogP contribution in [0.3, 0.4) is 0 Å². The summed E-state index contributed by atoms with van der Waals surface area (Å²) in [6.45, 7) is 5.45. The molecule has 5 nitrogen and oxygen atoms in total. The van der Waals surface area contributed by atoms with Gasteiger partial charge in [0, 0.05) is 10.0 Å². The highest BCUT2D eigenvalue weighted by molar-refractivity contribution is 7.92. The van der Waals surface area contributed by atoms with Crippen LogP contribution in [0.15, 0.2) is 42.5 Å². The Balaban J connectivity index is 2.25. The molecule has 0 unspecified atom stereocenters. The number of carbonyl (C=O) groups is 1. The first-order valence-electron chi connectivity index (χ1n) is 8.87. The number of amides is 1. The maximum Gasteiger partial charge on any atom is 0.244 e. The molecule has 2 aromatic rings. The van der Waals surface area contributed by atoms with Gasteiger partial charge in [0.05, 0.1) is 18.0 Å². The van der Waals surface area contributed by atoms with Gasteiger partial charge in [0.25, 0.3) is 0 Å². The van der Waals surface area contributed by atoms with E-state index in [1.807, 2.05) is 31.2 Å². The SMILES string of the molecule is CCc1ccc([C@@H](C)NC(=O)[C@@H](C)N(c2cc(Cl)cc(Cl)c2)S(C)(=O)=O)cc1. The first-order valence-corrected chi connectivity index (χ1v) is 11.5. The van der Waals surface area contributed by atoms with Crippen molar-refractivity contribution < 1.29 is 13.2 Å². The number of hydrogen-bond donors (Lipinski definition) is 1. The average molecular weight is 443 g/mol. The number of hydrogen-bond acceptors (Lipinski definition) is 3. The molecule has 0 bridgehead atoms. The van der Waals surface area contributed by atoms with Crippen molar-refractivity contribution in [1.82, 2.24) is 5.32 Å². The van der Waals surface area contributed by atoms with Gasteiger partial charge in [0.15, 0.2) is 0 Å². The normalized spacial score (nSPS) is 13.6. The van der Waals surface area contributed by atoms with Gasteiger partial charge >= 0.3 is 0 Å². The highest BCUT2D eigenvalue weighted by Crippen LogP contribution is 2.29. The van der Waals surface area contributed by atoms with Gasteiger partial charge in [-0.2, -0.15) is 0 Å². The zero-order chi connectivity index (χ0) is 21.1. The summed E-state index contributed by atoms with van der Waals surface area (Å²) in [5.41, 5.74) is 2.38. The van der Waals surface area contributed by atoms with E-state index in [1.54, 1.807) is 0 Å². The second kappa shape index (κ2) is 9.16. The largest absolute Gasteiger partial charge is 0.348 e. The summed E-state index contributed by atoms with van der Waals surface area (Å²) in [5.74, 6) is -0.423. The fraction of sp³-hybridized carbons (Fsp3) is 0.350. The highest BCUT2D eigenvalue weighted by atomic mass is 35.5. The van der Waals surface area contributed by atoms with Crippen LogP contribution in [0, 0.1) is 0 Å². The molecular weight excluding hydrogens is 419 g/mol. The zero-order valence-electron chi connectivity index (χ0n) is 16.2. The fourth-order valence-electron chi connectivity index (χ4n) is 2.93. The highest BCUT2D eigenvalue weighted by Gasteiger charge is 2.30. The minimum Gasteiger partial charge on any atom is -0.348 e. The molecule has 2 rings (SSSR count).